The van der Waals surface area contributed by atoms with E-state index in [1.807, 2.05) is 30.0 Å². The summed E-state index contributed by atoms with van der Waals surface area (Å²) in [5.41, 5.74) is 2.61. The molecule has 37 heavy (non-hydrogen) atoms. The minimum Gasteiger partial charge on any atom is -0.486 e. The SMILES string of the molecule is CC(C)CNC1(C)CN(c2ncc(-c3n[nH]c4ccc(O[C@H](C)c5c(Cl)cncc5Cl)cc34)cc2F)C1. The maximum Gasteiger partial charge on any atom is 0.166 e. The highest BCUT2D eigenvalue weighted by atomic mass is 35.5. The van der Waals surface area contributed by atoms with Gasteiger partial charge in [0.15, 0.2) is 11.6 Å². The van der Waals surface area contributed by atoms with Crippen LogP contribution < -0.4 is 15.0 Å². The van der Waals surface area contributed by atoms with E-state index in [0.29, 0.717) is 57.4 Å². The molecule has 5 rings (SSSR count). The van der Waals surface area contributed by atoms with Gasteiger partial charge >= 0.3 is 0 Å². The molecule has 7 nitrogen and oxygen atoms in total. The molecule has 0 spiro atoms. The topological polar surface area (TPSA) is 79.0 Å². The largest absolute Gasteiger partial charge is 0.486 e. The van der Waals surface area contributed by atoms with Gasteiger partial charge in [-0.05, 0) is 50.6 Å². The molecule has 0 radical (unpaired) electrons. The Bertz CT molecular complexity index is 1420. The van der Waals surface area contributed by atoms with Crippen LogP contribution in [-0.2, 0) is 0 Å². The first-order valence-electron chi connectivity index (χ1n) is 12.2. The molecule has 1 saturated heterocycles. The fourth-order valence-electron chi connectivity index (χ4n) is 4.66. The summed E-state index contributed by atoms with van der Waals surface area (Å²) in [4.78, 5) is 10.4. The van der Waals surface area contributed by atoms with Crippen LogP contribution in [0.3, 0.4) is 0 Å². The van der Waals surface area contributed by atoms with Gasteiger partial charge < -0.3 is 15.0 Å². The summed E-state index contributed by atoms with van der Waals surface area (Å²) in [5.74, 6) is 1.15. The summed E-state index contributed by atoms with van der Waals surface area (Å²) >= 11 is 12.6. The van der Waals surface area contributed by atoms with Gasteiger partial charge in [0.25, 0.3) is 0 Å². The number of fused-ring (bicyclic) bond motifs is 1. The van der Waals surface area contributed by atoms with Crippen molar-refractivity contribution in [2.45, 2.75) is 39.3 Å². The lowest BCUT2D eigenvalue weighted by molar-refractivity contribution is 0.227. The number of rotatable bonds is 8. The van der Waals surface area contributed by atoms with E-state index in [2.05, 4.69) is 46.3 Å². The second kappa shape index (κ2) is 10.1. The lowest BCUT2D eigenvalue weighted by atomic mass is 9.91. The highest BCUT2D eigenvalue weighted by molar-refractivity contribution is 6.35. The molecule has 194 valence electrons. The number of H-pyrrole nitrogens is 1. The predicted molar refractivity (Wildman–Crippen MR) is 146 cm³/mol. The molecule has 1 aliphatic rings. The number of halogens is 3. The van der Waals surface area contributed by atoms with Crippen molar-refractivity contribution < 1.29 is 9.13 Å². The Kier molecular flexibility index (Phi) is 7.00. The van der Waals surface area contributed by atoms with Crippen LogP contribution in [0.4, 0.5) is 10.2 Å². The van der Waals surface area contributed by atoms with E-state index in [0.717, 1.165) is 17.4 Å². The number of hydrogen-bond acceptors (Lipinski definition) is 6. The number of benzene rings is 1. The molecule has 1 atom stereocenters. The van der Waals surface area contributed by atoms with Crippen LogP contribution in [0.15, 0.2) is 42.9 Å². The van der Waals surface area contributed by atoms with E-state index in [4.69, 9.17) is 27.9 Å². The van der Waals surface area contributed by atoms with Gasteiger partial charge in [0.05, 0.1) is 21.1 Å². The molecule has 1 fully saturated rings. The van der Waals surface area contributed by atoms with Crippen molar-refractivity contribution >= 4 is 39.9 Å². The van der Waals surface area contributed by atoms with Gasteiger partial charge in [0, 0.05) is 48.2 Å². The molecule has 3 aromatic heterocycles. The van der Waals surface area contributed by atoms with Crippen LogP contribution in [0.2, 0.25) is 10.0 Å². The minimum atomic E-state index is -0.411. The van der Waals surface area contributed by atoms with Crippen LogP contribution >= 0.6 is 23.2 Å². The number of anilines is 1. The fourth-order valence-corrected chi connectivity index (χ4v) is 5.33. The number of pyridine rings is 2. The molecular weight excluding hydrogens is 514 g/mol. The normalized spacial score (nSPS) is 15.7. The third-order valence-electron chi connectivity index (χ3n) is 6.56. The van der Waals surface area contributed by atoms with Crippen molar-refractivity contribution in [1.82, 2.24) is 25.5 Å². The minimum absolute atomic E-state index is 0.0340. The molecule has 1 aromatic carbocycles. The average molecular weight is 543 g/mol. The van der Waals surface area contributed by atoms with Crippen LogP contribution in [0.5, 0.6) is 5.75 Å². The van der Waals surface area contributed by atoms with Gasteiger partial charge in [-0.25, -0.2) is 9.37 Å². The zero-order valence-electron chi connectivity index (χ0n) is 21.1. The summed E-state index contributed by atoms with van der Waals surface area (Å²) in [7, 11) is 0. The summed E-state index contributed by atoms with van der Waals surface area (Å²) in [6.07, 6.45) is 4.33. The monoisotopic (exact) mass is 542 g/mol. The van der Waals surface area contributed by atoms with E-state index in [1.54, 1.807) is 6.20 Å². The Morgan fingerprint density at radius 3 is 2.54 bits per heavy atom. The number of hydrogen-bond donors (Lipinski definition) is 2. The molecule has 2 N–H and O–H groups in total. The van der Waals surface area contributed by atoms with Crippen molar-refractivity contribution in [1.29, 1.82) is 0 Å². The molecule has 0 bridgehead atoms. The van der Waals surface area contributed by atoms with Crippen molar-refractivity contribution in [3.8, 4) is 17.0 Å². The second-order valence-electron chi connectivity index (χ2n) is 10.3. The Labute approximate surface area is 225 Å². The molecule has 0 amide bonds. The van der Waals surface area contributed by atoms with E-state index in [9.17, 15) is 0 Å². The highest BCUT2D eigenvalue weighted by Gasteiger charge is 2.40. The third-order valence-corrected chi connectivity index (χ3v) is 7.16. The van der Waals surface area contributed by atoms with E-state index in [1.165, 1.54) is 18.5 Å². The Hall–Kier alpha value is -2.94. The van der Waals surface area contributed by atoms with Crippen LogP contribution in [0.25, 0.3) is 22.2 Å². The maximum atomic E-state index is 15.2. The summed E-state index contributed by atoms with van der Waals surface area (Å²) in [6.45, 7) is 10.7. The van der Waals surface area contributed by atoms with Gasteiger partial charge in [-0.2, -0.15) is 5.10 Å². The lowest BCUT2D eigenvalue weighted by Crippen LogP contribution is -2.68. The molecule has 0 unspecified atom stereocenters. The molecule has 0 aliphatic carbocycles. The van der Waals surface area contributed by atoms with E-state index < -0.39 is 6.10 Å². The maximum absolute atomic E-state index is 15.2. The van der Waals surface area contributed by atoms with E-state index in [-0.39, 0.29) is 11.4 Å². The molecule has 4 aromatic rings. The molecule has 4 heterocycles. The van der Waals surface area contributed by atoms with Gasteiger partial charge in [-0.15, -0.1) is 0 Å². The molecular formula is C27H29Cl2FN6O. The first kappa shape index (κ1) is 25.7. The van der Waals surface area contributed by atoms with Crippen molar-refractivity contribution in [2.75, 3.05) is 24.5 Å². The zero-order chi connectivity index (χ0) is 26.3. The summed E-state index contributed by atoms with van der Waals surface area (Å²) < 4.78 is 21.3. The fraction of sp³-hybridized carbons (Fsp3) is 0.370. The number of nitrogens with one attached hydrogen (secondary N) is 2. The highest BCUT2D eigenvalue weighted by Crippen LogP contribution is 2.36. The Morgan fingerprint density at radius 1 is 1.14 bits per heavy atom. The third kappa shape index (κ3) is 5.23. The van der Waals surface area contributed by atoms with Gasteiger partial charge in [-0.3, -0.25) is 10.1 Å². The number of aromatic nitrogens is 4. The lowest BCUT2D eigenvalue weighted by Gasteiger charge is -2.49. The van der Waals surface area contributed by atoms with Crippen molar-refractivity contribution in [2.24, 2.45) is 5.92 Å². The molecule has 10 heteroatoms. The smallest absolute Gasteiger partial charge is 0.166 e. The Balaban J connectivity index is 1.35. The second-order valence-corrected chi connectivity index (χ2v) is 11.1. The van der Waals surface area contributed by atoms with Crippen LogP contribution in [0, 0.1) is 11.7 Å². The molecule has 1 aliphatic heterocycles. The number of nitrogens with zero attached hydrogens (tertiary/aromatic N) is 4. The quantitative estimate of drug-likeness (QED) is 0.267. The first-order chi connectivity index (χ1) is 17.6. The van der Waals surface area contributed by atoms with E-state index >= 15 is 4.39 Å². The van der Waals surface area contributed by atoms with Crippen LogP contribution in [-0.4, -0.2) is 45.3 Å². The standard InChI is InChI=1S/C27H29Cl2FN6O/c1-15(2)9-33-27(4)13-36(14-27)26-22(30)7-17(10-32-26)25-19-8-18(5-6-23(19)34-35-25)37-16(3)24-20(28)11-31-12-21(24)29/h5-8,10-12,15-16,33H,9,13-14H2,1-4H3,(H,34,35)/t16-/m1/s1. The van der Waals surface area contributed by atoms with Gasteiger partial charge in [-0.1, -0.05) is 37.0 Å². The predicted octanol–water partition coefficient (Wildman–Crippen LogP) is 6.43. The number of aromatic amines is 1. The Morgan fingerprint density at radius 2 is 1.86 bits per heavy atom. The van der Waals surface area contributed by atoms with Gasteiger partial charge in [0.1, 0.15) is 17.5 Å². The number of ether oxygens (including phenoxy) is 1. The molecule has 0 saturated carbocycles. The summed E-state index contributed by atoms with van der Waals surface area (Å²) in [5, 5.41) is 12.7. The summed E-state index contributed by atoms with van der Waals surface area (Å²) in [6, 6.07) is 7.05. The first-order valence-corrected chi connectivity index (χ1v) is 13.0. The zero-order valence-corrected chi connectivity index (χ0v) is 22.7. The average Bonchev–Trinajstić information content (AvgIpc) is 3.24. The van der Waals surface area contributed by atoms with Gasteiger partial charge in [0.2, 0.25) is 0 Å². The van der Waals surface area contributed by atoms with Crippen molar-refractivity contribution in [3.05, 3.63) is 64.3 Å². The van der Waals surface area contributed by atoms with Crippen LogP contribution in [0.1, 0.15) is 39.4 Å². The van der Waals surface area contributed by atoms with Crippen molar-refractivity contribution in [3.63, 3.8) is 0 Å².